The SMILES string of the molecule is CN(C)C(N)=NC(C=O)(CO)CC1CCCCC1. The summed E-state index contributed by atoms with van der Waals surface area (Å²) in [4.78, 5) is 17.2. The van der Waals surface area contributed by atoms with Gasteiger partial charge in [-0.2, -0.15) is 0 Å². The molecule has 0 spiro atoms. The summed E-state index contributed by atoms with van der Waals surface area (Å²) in [6, 6.07) is 0. The van der Waals surface area contributed by atoms with Gasteiger partial charge >= 0.3 is 0 Å². The molecule has 1 saturated carbocycles. The van der Waals surface area contributed by atoms with E-state index in [1.807, 2.05) is 0 Å². The molecule has 0 aromatic rings. The number of guanidine groups is 1. The van der Waals surface area contributed by atoms with E-state index in [1.165, 1.54) is 19.3 Å². The third-order valence-corrected chi connectivity index (χ3v) is 3.66. The molecule has 1 fully saturated rings. The van der Waals surface area contributed by atoms with Crippen molar-refractivity contribution >= 4 is 12.2 Å². The van der Waals surface area contributed by atoms with Gasteiger partial charge in [0.05, 0.1) is 6.61 Å². The van der Waals surface area contributed by atoms with Crippen LogP contribution in [0.15, 0.2) is 4.99 Å². The second-order valence-electron chi connectivity index (χ2n) is 5.45. The minimum absolute atomic E-state index is 0.276. The maximum absolute atomic E-state index is 11.3. The molecule has 0 radical (unpaired) electrons. The average molecular weight is 255 g/mol. The maximum Gasteiger partial charge on any atom is 0.191 e. The predicted molar refractivity (Wildman–Crippen MR) is 72.4 cm³/mol. The maximum atomic E-state index is 11.3. The van der Waals surface area contributed by atoms with Crippen molar-refractivity contribution in [2.45, 2.75) is 44.1 Å². The highest BCUT2D eigenvalue weighted by atomic mass is 16.3. The Balaban J connectivity index is 2.78. The third kappa shape index (κ3) is 3.98. The van der Waals surface area contributed by atoms with Gasteiger partial charge in [0.2, 0.25) is 0 Å². The van der Waals surface area contributed by atoms with Gasteiger partial charge in [-0.05, 0) is 12.3 Å². The summed E-state index contributed by atoms with van der Waals surface area (Å²) in [5.41, 5.74) is 4.71. The Bertz CT molecular complexity index is 299. The van der Waals surface area contributed by atoms with Crippen molar-refractivity contribution in [3.05, 3.63) is 0 Å². The number of aliphatic hydroxyl groups is 1. The zero-order chi connectivity index (χ0) is 13.6. The molecule has 1 aliphatic carbocycles. The number of aldehydes is 1. The van der Waals surface area contributed by atoms with Crippen molar-refractivity contribution < 1.29 is 9.90 Å². The van der Waals surface area contributed by atoms with Crippen LogP contribution in [0.3, 0.4) is 0 Å². The zero-order valence-electron chi connectivity index (χ0n) is 11.4. The van der Waals surface area contributed by atoms with E-state index in [0.717, 1.165) is 19.1 Å². The molecule has 3 N–H and O–H groups in total. The molecule has 0 aliphatic heterocycles. The van der Waals surface area contributed by atoms with Crippen LogP contribution >= 0.6 is 0 Å². The van der Waals surface area contributed by atoms with Crippen LogP contribution in [0.4, 0.5) is 0 Å². The number of nitrogens with two attached hydrogens (primary N) is 1. The number of carbonyl (C=O) groups excluding carboxylic acids is 1. The van der Waals surface area contributed by atoms with E-state index in [1.54, 1.807) is 19.0 Å². The molecule has 1 rings (SSSR count). The van der Waals surface area contributed by atoms with Crippen molar-refractivity contribution in [3.8, 4) is 0 Å². The summed E-state index contributed by atoms with van der Waals surface area (Å²) in [5.74, 6) is 0.752. The smallest absolute Gasteiger partial charge is 0.191 e. The molecule has 104 valence electrons. The normalized spacial score (nSPS) is 21.4. The highest BCUT2D eigenvalue weighted by Gasteiger charge is 2.33. The van der Waals surface area contributed by atoms with Crippen molar-refractivity contribution in [2.24, 2.45) is 16.6 Å². The molecular weight excluding hydrogens is 230 g/mol. The molecule has 5 nitrogen and oxygen atoms in total. The van der Waals surface area contributed by atoms with Crippen LogP contribution in [0.2, 0.25) is 0 Å². The first kappa shape index (κ1) is 15.0. The number of nitrogens with zero attached hydrogens (tertiary/aromatic N) is 2. The summed E-state index contributed by atoms with van der Waals surface area (Å²) in [5, 5.41) is 9.53. The molecule has 0 amide bonds. The Morgan fingerprint density at radius 2 is 2.06 bits per heavy atom. The molecule has 1 unspecified atom stereocenters. The minimum Gasteiger partial charge on any atom is -0.393 e. The average Bonchev–Trinajstić information content (AvgIpc) is 2.38. The van der Waals surface area contributed by atoms with E-state index in [0.29, 0.717) is 12.3 Å². The van der Waals surface area contributed by atoms with E-state index in [2.05, 4.69) is 4.99 Å². The molecule has 0 bridgehead atoms. The van der Waals surface area contributed by atoms with Gasteiger partial charge in [-0.3, -0.25) is 0 Å². The van der Waals surface area contributed by atoms with E-state index >= 15 is 0 Å². The predicted octanol–water partition coefficient (Wildman–Crippen LogP) is 0.763. The zero-order valence-corrected chi connectivity index (χ0v) is 11.4. The summed E-state index contributed by atoms with van der Waals surface area (Å²) in [6.07, 6.45) is 7.27. The van der Waals surface area contributed by atoms with Gasteiger partial charge in [0.1, 0.15) is 11.8 Å². The van der Waals surface area contributed by atoms with Crippen LogP contribution in [-0.2, 0) is 4.79 Å². The summed E-state index contributed by atoms with van der Waals surface area (Å²) >= 11 is 0. The van der Waals surface area contributed by atoms with Crippen molar-refractivity contribution in [1.82, 2.24) is 4.90 Å². The van der Waals surface area contributed by atoms with Crippen LogP contribution in [0.1, 0.15) is 38.5 Å². The van der Waals surface area contributed by atoms with Crippen LogP contribution in [-0.4, -0.2) is 48.5 Å². The fraction of sp³-hybridized carbons (Fsp3) is 0.846. The Hall–Kier alpha value is -1.10. The number of rotatable bonds is 5. The lowest BCUT2D eigenvalue weighted by Gasteiger charge is -2.30. The Morgan fingerprint density at radius 3 is 2.50 bits per heavy atom. The standard InChI is InChI=1S/C13H25N3O2/c1-16(2)12(14)15-13(9-17,10-18)8-11-6-4-3-5-7-11/h9,11,18H,3-8,10H2,1-2H3,(H2,14,15). The second kappa shape index (κ2) is 6.73. The first-order chi connectivity index (χ1) is 8.53. The number of aliphatic hydroxyl groups excluding tert-OH is 1. The summed E-state index contributed by atoms with van der Waals surface area (Å²) in [6.45, 7) is -0.276. The van der Waals surface area contributed by atoms with E-state index in [-0.39, 0.29) is 12.6 Å². The van der Waals surface area contributed by atoms with Crippen molar-refractivity contribution in [1.29, 1.82) is 0 Å². The fourth-order valence-electron chi connectivity index (χ4n) is 2.48. The lowest BCUT2D eigenvalue weighted by molar-refractivity contribution is -0.114. The van der Waals surface area contributed by atoms with Gasteiger partial charge in [-0.1, -0.05) is 32.1 Å². The van der Waals surface area contributed by atoms with Crippen LogP contribution in [0.25, 0.3) is 0 Å². The third-order valence-electron chi connectivity index (χ3n) is 3.66. The lowest BCUT2D eigenvalue weighted by Crippen LogP contribution is -2.41. The van der Waals surface area contributed by atoms with Gasteiger partial charge in [0.15, 0.2) is 5.96 Å². The van der Waals surface area contributed by atoms with Gasteiger partial charge < -0.3 is 20.5 Å². The van der Waals surface area contributed by atoms with Gasteiger partial charge in [-0.25, -0.2) is 4.99 Å². The van der Waals surface area contributed by atoms with E-state index in [9.17, 15) is 9.90 Å². The number of hydrogen-bond donors (Lipinski definition) is 2. The summed E-state index contributed by atoms with van der Waals surface area (Å²) < 4.78 is 0. The van der Waals surface area contributed by atoms with Crippen LogP contribution in [0, 0.1) is 5.92 Å². The van der Waals surface area contributed by atoms with Gasteiger partial charge in [-0.15, -0.1) is 0 Å². The van der Waals surface area contributed by atoms with Gasteiger partial charge in [0.25, 0.3) is 0 Å². The Kier molecular flexibility index (Phi) is 5.59. The first-order valence-electron chi connectivity index (χ1n) is 6.63. The molecule has 0 aromatic carbocycles. The second-order valence-corrected chi connectivity index (χ2v) is 5.45. The molecule has 0 aromatic heterocycles. The van der Waals surface area contributed by atoms with E-state index in [4.69, 9.17) is 5.73 Å². The number of aliphatic imine (C=N–C) groups is 1. The highest BCUT2D eigenvalue weighted by Crippen LogP contribution is 2.31. The first-order valence-corrected chi connectivity index (χ1v) is 6.63. The largest absolute Gasteiger partial charge is 0.393 e. The quantitative estimate of drug-likeness (QED) is 0.432. The summed E-state index contributed by atoms with van der Waals surface area (Å²) in [7, 11) is 3.54. The number of hydrogen-bond acceptors (Lipinski definition) is 3. The Morgan fingerprint density at radius 1 is 1.44 bits per heavy atom. The van der Waals surface area contributed by atoms with Crippen LogP contribution in [0.5, 0.6) is 0 Å². The molecule has 1 atom stereocenters. The lowest BCUT2D eigenvalue weighted by atomic mass is 9.80. The molecular formula is C13H25N3O2. The molecule has 18 heavy (non-hydrogen) atoms. The van der Waals surface area contributed by atoms with E-state index < -0.39 is 5.54 Å². The Labute approximate surface area is 109 Å². The molecule has 5 heteroatoms. The van der Waals surface area contributed by atoms with Crippen molar-refractivity contribution in [2.75, 3.05) is 20.7 Å². The minimum atomic E-state index is -1.06. The molecule has 0 saturated heterocycles. The molecule has 1 aliphatic rings. The van der Waals surface area contributed by atoms with Gasteiger partial charge in [0, 0.05) is 14.1 Å². The topological polar surface area (TPSA) is 78.9 Å². The van der Waals surface area contributed by atoms with Crippen molar-refractivity contribution in [3.63, 3.8) is 0 Å². The highest BCUT2D eigenvalue weighted by molar-refractivity contribution is 5.81. The number of carbonyl (C=O) groups is 1. The van der Waals surface area contributed by atoms with Crippen LogP contribution < -0.4 is 5.73 Å². The fourth-order valence-corrected chi connectivity index (χ4v) is 2.48. The monoisotopic (exact) mass is 255 g/mol. The molecule has 0 heterocycles.